The molecule has 0 aromatic carbocycles. The van der Waals surface area contributed by atoms with Crippen LogP contribution < -0.4 is 5.73 Å². The lowest BCUT2D eigenvalue weighted by molar-refractivity contribution is 0.359. The van der Waals surface area contributed by atoms with Gasteiger partial charge in [0.15, 0.2) is 0 Å². The van der Waals surface area contributed by atoms with E-state index in [1.54, 1.807) is 0 Å². The first-order chi connectivity index (χ1) is 7.34. The molecule has 0 bridgehead atoms. The predicted octanol–water partition coefficient (Wildman–Crippen LogP) is 4.03. The standard InChI is InChI=1S/C14H27N/c1-2-3-4-5-7-10-13-11-8-6-9-12-14(13)15/h2,13-14H,1,3-12,15H2. The van der Waals surface area contributed by atoms with Gasteiger partial charge in [-0.2, -0.15) is 0 Å². The summed E-state index contributed by atoms with van der Waals surface area (Å²) in [6.45, 7) is 3.75. The summed E-state index contributed by atoms with van der Waals surface area (Å²) >= 11 is 0. The normalized spacial score (nSPS) is 27.3. The van der Waals surface area contributed by atoms with Crippen molar-refractivity contribution in [2.75, 3.05) is 0 Å². The fourth-order valence-electron chi connectivity index (χ4n) is 2.64. The van der Waals surface area contributed by atoms with Gasteiger partial charge in [-0.15, -0.1) is 6.58 Å². The summed E-state index contributed by atoms with van der Waals surface area (Å²) < 4.78 is 0. The summed E-state index contributed by atoms with van der Waals surface area (Å²) in [5.41, 5.74) is 6.20. The van der Waals surface area contributed by atoms with Crippen molar-refractivity contribution in [2.45, 2.75) is 70.3 Å². The first kappa shape index (κ1) is 12.8. The molecule has 1 nitrogen and oxygen atoms in total. The van der Waals surface area contributed by atoms with E-state index < -0.39 is 0 Å². The van der Waals surface area contributed by atoms with E-state index in [1.165, 1.54) is 64.2 Å². The molecule has 2 unspecified atom stereocenters. The van der Waals surface area contributed by atoms with Crippen LogP contribution in [0.4, 0.5) is 0 Å². The second-order valence-electron chi connectivity index (χ2n) is 4.99. The Labute approximate surface area is 95.1 Å². The molecule has 1 saturated carbocycles. The van der Waals surface area contributed by atoms with Crippen LogP contribution >= 0.6 is 0 Å². The van der Waals surface area contributed by atoms with E-state index in [4.69, 9.17) is 5.73 Å². The largest absolute Gasteiger partial charge is 0.327 e. The minimum Gasteiger partial charge on any atom is -0.327 e. The van der Waals surface area contributed by atoms with Crippen molar-refractivity contribution in [2.24, 2.45) is 11.7 Å². The lowest BCUT2D eigenvalue weighted by Gasteiger charge is -2.20. The number of nitrogens with two attached hydrogens (primary N) is 1. The van der Waals surface area contributed by atoms with Crippen LogP contribution in [0.25, 0.3) is 0 Å². The second-order valence-corrected chi connectivity index (χ2v) is 4.99. The van der Waals surface area contributed by atoms with Gasteiger partial charge in [0.05, 0.1) is 0 Å². The van der Waals surface area contributed by atoms with Crippen LogP contribution in [-0.4, -0.2) is 6.04 Å². The van der Waals surface area contributed by atoms with Gasteiger partial charge < -0.3 is 5.73 Å². The summed E-state index contributed by atoms with van der Waals surface area (Å²) in [6.07, 6.45) is 15.4. The molecule has 15 heavy (non-hydrogen) atoms. The number of hydrogen-bond donors (Lipinski definition) is 1. The Kier molecular flexibility index (Phi) is 6.74. The fourth-order valence-corrected chi connectivity index (χ4v) is 2.64. The maximum atomic E-state index is 6.20. The topological polar surface area (TPSA) is 26.0 Å². The van der Waals surface area contributed by atoms with Gasteiger partial charge in [0.2, 0.25) is 0 Å². The van der Waals surface area contributed by atoms with E-state index in [0.717, 1.165) is 5.92 Å². The first-order valence-corrected chi connectivity index (χ1v) is 6.71. The molecule has 0 radical (unpaired) electrons. The minimum absolute atomic E-state index is 0.493. The highest BCUT2D eigenvalue weighted by atomic mass is 14.6. The van der Waals surface area contributed by atoms with E-state index in [1.807, 2.05) is 6.08 Å². The molecule has 2 N–H and O–H groups in total. The molecule has 2 atom stereocenters. The van der Waals surface area contributed by atoms with Gasteiger partial charge in [0.25, 0.3) is 0 Å². The SMILES string of the molecule is C=CCCCCCC1CCCCCC1N. The highest BCUT2D eigenvalue weighted by Crippen LogP contribution is 2.26. The van der Waals surface area contributed by atoms with E-state index in [9.17, 15) is 0 Å². The summed E-state index contributed by atoms with van der Waals surface area (Å²) in [4.78, 5) is 0. The molecule has 0 heterocycles. The van der Waals surface area contributed by atoms with E-state index in [-0.39, 0.29) is 0 Å². The monoisotopic (exact) mass is 209 g/mol. The van der Waals surface area contributed by atoms with Gasteiger partial charge in [0.1, 0.15) is 0 Å². The molecule has 1 aliphatic rings. The molecule has 1 heteroatoms. The smallest absolute Gasteiger partial charge is 0.00671 e. The maximum Gasteiger partial charge on any atom is 0.00671 e. The summed E-state index contributed by atoms with van der Waals surface area (Å²) in [5.74, 6) is 0.816. The summed E-state index contributed by atoms with van der Waals surface area (Å²) in [5, 5.41) is 0. The van der Waals surface area contributed by atoms with Crippen LogP contribution in [0.15, 0.2) is 12.7 Å². The summed E-state index contributed by atoms with van der Waals surface area (Å²) in [7, 11) is 0. The first-order valence-electron chi connectivity index (χ1n) is 6.71. The van der Waals surface area contributed by atoms with Crippen LogP contribution in [0.1, 0.15) is 64.2 Å². The van der Waals surface area contributed by atoms with Crippen molar-refractivity contribution in [3.8, 4) is 0 Å². The highest BCUT2D eigenvalue weighted by molar-refractivity contribution is 4.76. The number of rotatable bonds is 6. The zero-order valence-electron chi connectivity index (χ0n) is 10.1. The Balaban J connectivity index is 2.09. The molecule has 0 amide bonds. The molecular formula is C14H27N. The molecule has 88 valence electrons. The van der Waals surface area contributed by atoms with Crippen molar-refractivity contribution >= 4 is 0 Å². The molecule has 0 aromatic heterocycles. The third-order valence-electron chi connectivity index (χ3n) is 3.70. The number of unbranched alkanes of at least 4 members (excludes halogenated alkanes) is 3. The van der Waals surface area contributed by atoms with Crippen molar-refractivity contribution in [3.63, 3.8) is 0 Å². The van der Waals surface area contributed by atoms with E-state index in [0.29, 0.717) is 6.04 Å². The molecule has 0 aliphatic heterocycles. The van der Waals surface area contributed by atoms with Gasteiger partial charge in [0, 0.05) is 6.04 Å². The maximum absolute atomic E-state index is 6.20. The molecule has 0 spiro atoms. The Morgan fingerprint density at radius 2 is 1.87 bits per heavy atom. The van der Waals surface area contributed by atoms with Gasteiger partial charge >= 0.3 is 0 Å². The third-order valence-corrected chi connectivity index (χ3v) is 3.70. The Morgan fingerprint density at radius 3 is 2.67 bits per heavy atom. The molecule has 1 rings (SSSR count). The average Bonchev–Trinajstić information content (AvgIpc) is 2.44. The van der Waals surface area contributed by atoms with Crippen molar-refractivity contribution in [1.29, 1.82) is 0 Å². The van der Waals surface area contributed by atoms with E-state index in [2.05, 4.69) is 6.58 Å². The average molecular weight is 209 g/mol. The van der Waals surface area contributed by atoms with Crippen LogP contribution in [0, 0.1) is 5.92 Å². The van der Waals surface area contributed by atoms with Crippen molar-refractivity contribution < 1.29 is 0 Å². The Bertz CT molecular complexity index is 165. The third kappa shape index (κ3) is 5.36. The zero-order valence-corrected chi connectivity index (χ0v) is 10.1. The highest BCUT2D eigenvalue weighted by Gasteiger charge is 2.19. The number of allylic oxidation sites excluding steroid dienone is 1. The summed E-state index contributed by atoms with van der Waals surface area (Å²) in [6, 6.07) is 0.493. The van der Waals surface area contributed by atoms with Gasteiger partial charge in [-0.05, 0) is 38.0 Å². The van der Waals surface area contributed by atoms with Crippen LogP contribution in [0.2, 0.25) is 0 Å². The molecular weight excluding hydrogens is 182 g/mol. The Morgan fingerprint density at radius 1 is 1.07 bits per heavy atom. The molecule has 0 saturated heterocycles. The quantitative estimate of drug-likeness (QED) is 0.399. The minimum atomic E-state index is 0.493. The van der Waals surface area contributed by atoms with Gasteiger partial charge in [-0.3, -0.25) is 0 Å². The van der Waals surface area contributed by atoms with Crippen molar-refractivity contribution in [1.82, 2.24) is 0 Å². The fraction of sp³-hybridized carbons (Fsp3) is 0.857. The predicted molar refractivity (Wildman–Crippen MR) is 67.8 cm³/mol. The van der Waals surface area contributed by atoms with Crippen molar-refractivity contribution in [3.05, 3.63) is 12.7 Å². The van der Waals surface area contributed by atoms with Gasteiger partial charge in [-0.25, -0.2) is 0 Å². The molecule has 1 fully saturated rings. The van der Waals surface area contributed by atoms with Crippen LogP contribution in [-0.2, 0) is 0 Å². The lowest BCUT2D eigenvalue weighted by Crippen LogP contribution is -2.28. The number of hydrogen-bond acceptors (Lipinski definition) is 1. The second kappa shape index (κ2) is 7.92. The van der Waals surface area contributed by atoms with Crippen LogP contribution in [0.5, 0.6) is 0 Å². The Hall–Kier alpha value is -0.300. The lowest BCUT2D eigenvalue weighted by atomic mass is 9.90. The van der Waals surface area contributed by atoms with Crippen LogP contribution in [0.3, 0.4) is 0 Å². The zero-order chi connectivity index (χ0) is 10.9. The molecule has 1 aliphatic carbocycles. The molecule has 0 aromatic rings. The van der Waals surface area contributed by atoms with E-state index >= 15 is 0 Å². The van der Waals surface area contributed by atoms with Gasteiger partial charge in [-0.1, -0.05) is 38.2 Å².